The Kier molecular flexibility index (Phi) is 2.49. The van der Waals surface area contributed by atoms with Gasteiger partial charge >= 0.3 is 0 Å². The van der Waals surface area contributed by atoms with Crippen LogP contribution in [-0.4, -0.2) is 5.54 Å². The summed E-state index contributed by atoms with van der Waals surface area (Å²) in [7, 11) is 0. The van der Waals surface area contributed by atoms with Crippen LogP contribution >= 0.6 is 0 Å². The summed E-state index contributed by atoms with van der Waals surface area (Å²) in [5.41, 5.74) is 5.23. The van der Waals surface area contributed by atoms with Crippen LogP contribution in [-0.2, 0) is 0 Å². The fourth-order valence-electron chi connectivity index (χ4n) is 3.14. The van der Waals surface area contributed by atoms with Crippen molar-refractivity contribution in [2.45, 2.75) is 59.9 Å². The molecule has 1 N–H and O–H groups in total. The molecule has 1 aliphatic heterocycles. The monoisotopic (exact) mass is 219 g/mol. The van der Waals surface area contributed by atoms with E-state index in [-0.39, 0.29) is 5.54 Å². The summed E-state index contributed by atoms with van der Waals surface area (Å²) < 4.78 is 0. The van der Waals surface area contributed by atoms with Gasteiger partial charge in [0.05, 0.1) is 0 Å². The van der Waals surface area contributed by atoms with Gasteiger partial charge in [0.1, 0.15) is 0 Å². The molecule has 1 nitrogen and oxygen atoms in total. The summed E-state index contributed by atoms with van der Waals surface area (Å²) in [6.45, 7) is 13.9. The zero-order valence-corrected chi connectivity index (χ0v) is 11.6. The van der Waals surface area contributed by atoms with Crippen LogP contribution in [0.3, 0.4) is 0 Å². The summed E-state index contributed by atoms with van der Waals surface area (Å²) in [5, 5.41) is 3.67. The number of rotatable bonds is 0. The Morgan fingerprint density at radius 1 is 1.31 bits per heavy atom. The Bertz CT molecular complexity index is 363. The SMILES string of the molecule is CC1CC2=C(C=C1C(C)(C)C)CC(C)(C)N2. The van der Waals surface area contributed by atoms with E-state index in [1.165, 1.54) is 18.5 Å². The molecule has 0 amide bonds. The molecule has 90 valence electrons. The van der Waals surface area contributed by atoms with Gasteiger partial charge in [-0.1, -0.05) is 39.3 Å². The van der Waals surface area contributed by atoms with E-state index < -0.39 is 0 Å². The van der Waals surface area contributed by atoms with Crippen molar-refractivity contribution in [3.05, 3.63) is 22.9 Å². The number of hydrogen-bond acceptors (Lipinski definition) is 1. The first-order valence-corrected chi connectivity index (χ1v) is 6.41. The molecule has 0 saturated carbocycles. The van der Waals surface area contributed by atoms with Crippen LogP contribution in [0.15, 0.2) is 22.9 Å². The Morgan fingerprint density at radius 3 is 2.50 bits per heavy atom. The summed E-state index contributed by atoms with van der Waals surface area (Å²) in [4.78, 5) is 0. The molecule has 2 rings (SSSR count). The highest BCUT2D eigenvalue weighted by Crippen LogP contribution is 2.43. The van der Waals surface area contributed by atoms with Gasteiger partial charge in [-0.05, 0) is 43.6 Å². The smallest absolute Gasteiger partial charge is 0.0355 e. The molecule has 0 aromatic rings. The summed E-state index contributed by atoms with van der Waals surface area (Å²) >= 11 is 0. The molecule has 16 heavy (non-hydrogen) atoms. The maximum Gasteiger partial charge on any atom is 0.0355 e. The molecular formula is C15H25N. The minimum absolute atomic E-state index is 0.258. The molecule has 1 heterocycles. The van der Waals surface area contributed by atoms with Crippen LogP contribution < -0.4 is 5.32 Å². The lowest BCUT2D eigenvalue weighted by atomic mass is 9.74. The molecule has 1 atom stereocenters. The predicted molar refractivity (Wildman–Crippen MR) is 70.2 cm³/mol. The molecule has 0 aromatic heterocycles. The lowest BCUT2D eigenvalue weighted by molar-refractivity contribution is 0.417. The number of nitrogens with one attached hydrogen (secondary N) is 1. The minimum atomic E-state index is 0.258. The zero-order valence-electron chi connectivity index (χ0n) is 11.6. The number of hydrogen-bond donors (Lipinski definition) is 1. The van der Waals surface area contributed by atoms with E-state index in [0.29, 0.717) is 11.3 Å². The average Bonchev–Trinajstić information content (AvgIpc) is 2.34. The van der Waals surface area contributed by atoms with Crippen LogP contribution in [0.4, 0.5) is 0 Å². The maximum absolute atomic E-state index is 3.67. The Labute approximate surface area is 100 Å². The van der Waals surface area contributed by atoms with E-state index in [1.807, 2.05) is 0 Å². The molecule has 2 aliphatic rings. The molecule has 0 aromatic carbocycles. The van der Waals surface area contributed by atoms with Crippen molar-refractivity contribution in [3.63, 3.8) is 0 Å². The summed E-state index contributed by atoms with van der Waals surface area (Å²) in [5.74, 6) is 0.681. The van der Waals surface area contributed by atoms with Crippen molar-refractivity contribution in [2.24, 2.45) is 11.3 Å². The van der Waals surface area contributed by atoms with Gasteiger partial charge in [-0.25, -0.2) is 0 Å². The second kappa shape index (κ2) is 3.38. The quantitative estimate of drug-likeness (QED) is 0.648. The van der Waals surface area contributed by atoms with Gasteiger partial charge in [0.2, 0.25) is 0 Å². The third-order valence-electron chi connectivity index (χ3n) is 3.75. The summed E-state index contributed by atoms with van der Waals surface area (Å²) in [6.07, 6.45) is 4.84. The standard InChI is InChI=1S/C15H25N/c1-10-7-13-11(9-15(5,6)16-13)8-12(10)14(2,3)4/h8,10,16H,7,9H2,1-6H3. The van der Waals surface area contributed by atoms with Crippen molar-refractivity contribution in [3.8, 4) is 0 Å². The second-order valence-electron chi connectivity index (χ2n) is 7.14. The lowest BCUT2D eigenvalue weighted by Crippen LogP contribution is -2.33. The molecule has 1 unspecified atom stereocenters. The normalized spacial score (nSPS) is 28.6. The predicted octanol–water partition coefficient (Wildman–Crippen LogP) is 4.02. The van der Waals surface area contributed by atoms with Gasteiger partial charge in [0, 0.05) is 11.2 Å². The van der Waals surface area contributed by atoms with Crippen LogP contribution in [0.2, 0.25) is 0 Å². The molecule has 0 bridgehead atoms. The Hall–Kier alpha value is -0.720. The van der Waals surface area contributed by atoms with Crippen molar-refractivity contribution in [2.75, 3.05) is 0 Å². The van der Waals surface area contributed by atoms with Crippen molar-refractivity contribution in [1.29, 1.82) is 0 Å². The van der Waals surface area contributed by atoms with Gasteiger partial charge in [-0.15, -0.1) is 0 Å². The van der Waals surface area contributed by atoms with Crippen molar-refractivity contribution < 1.29 is 0 Å². The molecule has 0 radical (unpaired) electrons. The molecule has 0 saturated heterocycles. The first-order chi connectivity index (χ1) is 7.19. The molecule has 1 heteroatoms. The van der Waals surface area contributed by atoms with Gasteiger partial charge in [-0.2, -0.15) is 0 Å². The van der Waals surface area contributed by atoms with Crippen LogP contribution in [0.25, 0.3) is 0 Å². The van der Waals surface area contributed by atoms with Gasteiger partial charge in [0.15, 0.2) is 0 Å². The first-order valence-electron chi connectivity index (χ1n) is 6.41. The minimum Gasteiger partial charge on any atom is -0.383 e. The van der Waals surface area contributed by atoms with E-state index in [2.05, 4.69) is 52.9 Å². The highest BCUT2D eigenvalue weighted by atomic mass is 15.0. The number of allylic oxidation sites excluding steroid dienone is 3. The zero-order chi connectivity index (χ0) is 12.1. The van der Waals surface area contributed by atoms with E-state index in [4.69, 9.17) is 0 Å². The van der Waals surface area contributed by atoms with E-state index >= 15 is 0 Å². The third kappa shape index (κ3) is 2.05. The highest BCUT2D eigenvalue weighted by molar-refractivity contribution is 5.41. The Morgan fingerprint density at radius 2 is 1.94 bits per heavy atom. The molecule has 0 spiro atoms. The lowest BCUT2D eigenvalue weighted by Gasteiger charge is -2.32. The highest BCUT2D eigenvalue weighted by Gasteiger charge is 2.35. The van der Waals surface area contributed by atoms with Crippen molar-refractivity contribution >= 4 is 0 Å². The second-order valence-corrected chi connectivity index (χ2v) is 7.14. The fourth-order valence-corrected chi connectivity index (χ4v) is 3.14. The van der Waals surface area contributed by atoms with Crippen molar-refractivity contribution in [1.82, 2.24) is 5.32 Å². The van der Waals surface area contributed by atoms with Crippen LogP contribution in [0.1, 0.15) is 54.4 Å². The van der Waals surface area contributed by atoms with Crippen LogP contribution in [0.5, 0.6) is 0 Å². The third-order valence-corrected chi connectivity index (χ3v) is 3.75. The average molecular weight is 219 g/mol. The summed E-state index contributed by atoms with van der Waals surface area (Å²) in [6, 6.07) is 0. The van der Waals surface area contributed by atoms with E-state index in [1.54, 1.807) is 11.1 Å². The van der Waals surface area contributed by atoms with Gasteiger partial charge in [-0.3, -0.25) is 0 Å². The van der Waals surface area contributed by atoms with E-state index in [0.717, 1.165) is 0 Å². The van der Waals surface area contributed by atoms with E-state index in [9.17, 15) is 0 Å². The largest absolute Gasteiger partial charge is 0.383 e. The van der Waals surface area contributed by atoms with Crippen LogP contribution in [0, 0.1) is 11.3 Å². The van der Waals surface area contributed by atoms with Gasteiger partial charge in [0.25, 0.3) is 0 Å². The molecular weight excluding hydrogens is 194 g/mol. The molecule has 1 aliphatic carbocycles. The maximum atomic E-state index is 3.67. The van der Waals surface area contributed by atoms with Gasteiger partial charge < -0.3 is 5.32 Å². The molecule has 0 fully saturated rings. The fraction of sp³-hybridized carbons (Fsp3) is 0.733. The first kappa shape index (κ1) is 11.8. The topological polar surface area (TPSA) is 12.0 Å². The Balaban J connectivity index is 2.32.